The number of nitrogens with zero attached hydrogens (tertiary/aromatic N) is 5. The van der Waals surface area contributed by atoms with Crippen LogP contribution in [0.15, 0.2) is 30.6 Å². The van der Waals surface area contributed by atoms with Crippen molar-refractivity contribution in [3.63, 3.8) is 0 Å². The Morgan fingerprint density at radius 2 is 2.00 bits per heavy atom. The molecule has 0 unspecified atom stereocenters. The van der Waals surface area contributed by atoms with Gasteiger partial charge in [-0.1, -0.05) is 12.1 Å². The molecule has 9 heteroatoms. The highest BCUT2D eigenvalue weighted by molar-refractivity contribution is 6.00. The predicted molar refractivity (Wildman–Crippen MR) is 121 cm³/mol. The Morgan fingerprint density at radius 1 is 1.19 bits per heavy atom. The van der Waals surface area contributed by atoms with Gasteiger partial charge in [-0.25, -0.2) is 14.6 Å². The number of nitrogen functional groups attached to an aromatic ring is 1. The standard InChI is InChI=1S/C23H25N7O2/c1-32-17-4-2-3-14-11-16(27-19(14)17)20-18-21(24)25-12-26-22(18)30(28-20)15-7-9-29(10-8-15)23(31)13-5-6-13/h2-4,11-13,15,27H,5-10H2,1H3,(H2,24,25,26). The molecule has 1 saturated carbocycles. The van der Waals surface area contributed by atoms with Crippen LogP contribution in [0.1, 0.15) is 31.7 Å². The van der Waals surface area contributed by atoms with Crippen LogP contribution in [0.25, 0.3) is 33.3 Å². The first-order valence-electron chi connectivity index (χ1n) is 11.1. The number of hydrogen-bond acceptors (Lipinski definition) is 6. The third-order valence-corrected chi connectivity index (χ3v) is 6.66. The van der Waals surface area contributed by atoms with Crippen LogP contribution in [0.2, 0.25) is 0 Å². The van der Waals surface area contributed by atoms with Gasteiger partial charge in [-0.15, -0.1) is 0 Å². The van der Waals surface area contributed by atoms with Gasteiger partial charge in [-0.05, 0) is 37.8 Å². The lowest BCUT2D eigenvalue weighted by atomic mass is 10.0. The highest BCUT2D eigenvalue weighted by atomic mass is 16.5. The third kappa shape index (κ3) is 2.99. The fourth-order valence-corrected chi connectivity index (χ4v) is 4.78. The van der Waals surface area contributed by atoms with Crippen LogP contribution < -0.4 is 10.5 Å². The molecule has 0 atom stereocenters. The van der Waals surface area contributed by atoms with Crippen molar-refractivity contribution in [1.29, 1.82) is 0 Å². The minimum absolute atomic E-state index is 0.155. The van der Waals surface area contributed by atoms with Gasteiger partial charge < -0.3 is 20.4 Å². The van der Waals surface area contributed by atoms with E-state index in [1.54, 1.807) is 7.11 Å². The maximum atomic E-state index is 12.4. The lowest BCUT2D eigenvalue weighted by Gasteiger charge is -2.32. The van der Waals surface area contributed by atoms with E-state index < -0.39 is 0 Å². The largest absolute Gasteiger partial charge is 0.495 e. The van der Waals surface area contributed by atoms with E-state index in [-0.39, 0.29) is 12.0 Å². The lowest BCUT2D eigenvalue weighted by molar-refractivity contribution is -0.133. The fraction of sp³-hybridized carbons (Fsp3) is 0.391. The molecule has 1 aliphatic carbocycles. The van der Waals surface area contributed by atoms with Crippen LogP contribution in [0.5, 0.6) is 5.75 Å². The Bertz CT molecular complexity index is 1330. The van der Waals surface area contributed by atoms with Gasteiger partial charge >= 0.3 is 0 Å². The van der Waals surface area contributed by atoms with Gasteiger partial charge in [0.25, 0.3) is 0 Å². The van der Waals surface area contributed by atoms with Crippen molar-refractivity contribution in [2.75, 3.05) is 25.9 Å². The van der Waals surface area contributed by atoms with Crippen molar-refractivity contribution in [2.24, 2.45) is 5.92 Å². The first kappa shape index (κ1) is 19.1. The monoisotopic (exact) mass is 431 g/mol. The summed E-state index contributed by atoms with van der Waals surface area (Å²) in [6.45, 7) is 1.50. The molecule has 2 fully saturated rings. The molecule has 1 aliphatic heterocycles. The Kier molecular flexibility index (Phi) is 4.31. The number of benzene rings is 1. The van der Waals surface area contributed by atoms with Crippen LogP contribution in [0.3, 0.4) is 0 Å². The number of carbonyl (C=O) groups is 1. The molecule has 164 valence electrons. The molecule has 4 aromatic rings. The van der Waals surface area contributed by atoms with Gasteiger partial charge in [0.2, 0.25) is 5.91 Å². The van der Waals surface area contributed by atoms with E-state index in [1.165, 1.54) is 6.33 Å². The number of rotatable bonds is 4. The molecule has 1 amide bonds. The van der Waals surface area contributed by atoms with E-state index >= 15 is 0 Å². The molecule has 1 aromatic carbocycles. The zero-order valence-corrected chi connectivity index (χ0v) is 17.9. The third-order valence-electron chi connectivity index (χ3n) is 6.66. The number of H-pyrrole nitrogens is 1. The Hall–Kier alpha value is -3.62. The van der Waals surface area contributed by atoms with Crippen molar-refractivity contribution in [1.82, 2.24) is 29.6 Å². The second-order valence-electron chi connectivity index (χ2n) is 8.69. The molecule has 0 bridgehead atoms. The number of amides is 1. The number of carbonyl (C=O) groups excluding carboxylic acids is 1. The van der Waals surface area contributed by atoms with E-state index in [1.807, 2.05) is 33.8 Å². The quantitative estimate of drug-likeness (QED) is 0.513. The van der Waals surface area contributed by atoms with Crippen molar-refractivity contribution in [3.05, 3.63) is 30.6 Å². The normalized spacial score (nSPS) is 17.3. The number of anilines is 1. The highest BCUT2D eigenvalue weighted by Crippen LogP contribution is 2.37. The summed E-state index contributed by atoms with van der Waals surface area (Å²) in [7, 11) is 1.66. The summed E-state index contributed by atoms with van der Waals surface area (Å²) >= 11 is 0. The molecule has 3 aromatic heterocycles. The zero-order chi connectivity index (χ0) is 21.8. The SMILES string of the molecule is COc1cccc2cc(-c3nn(C4CCN(C(=O)C5CC5)CC4)c4ncnc(N)c34)[nH]c12. The summed E-state index contributed by atoms with van der Waals surface area (Å²) in [5, 5.41) is 6.75. The lowest BCUT2D eigenvalue weighted by Crippen LogP contribution is -2.40. The molecule has 3 N–H and O–H groups in total. The van der Waals surface area contributed by atoms with Crippen molar-refractivity contribution >= 4 is 33.7 Å². The van der Waals surface area contributed by atoms with Gasteiger partial charge in [0.05, 0.1) is 29.7 Å². The predicted octanol–water partition coefficient (Wildman–Crippen LogP) is 3.14. The summed E-state index contributed by atoms with van der Waals surface area (Å²) in [5.74, 6) is 1.75. The van der Waals surface area contributed by atoms with Gasteiger partial charge in [0, 0.05) is 24.4 Å². The molecule has 6 rings (SSSR count). The molecule has 0 radical (unpaired) electrons. The molecular formula is C23H25N7O2. The summed E-state index contributed by atoms with van der Waals surface area (Å²) < 4.78 is 7.48. The Labute approximate surface area is 184 Å². The number of aromatic nitrogens is 5. The average Bonchev–Trinajstić information content (AvgIpc) is 3.45. The van der Waals surface area contributed by atoms with Gasteiger partial charge in [0.15, 0.2) is 5.65 Å². The maximum Gasteiger partial charge on any atom is 0.225 e. The number of piperidine rings is 1. The van der Waals surface area contributed by atoms with E-state index in [2.05, 4.69) is 15.0 Å². The topological polar surface area (TPSA) is 115 Å². The molecule has 4 heterocycles. The number of nitrogens with two attached hydrogens (primary N) is 1. The summed E-state index contributed by atoms with van der Waals surface area (Å²) in [4.78, 5) is 26.6. The van der Waals surface area contributed by atoms with Crippen LogP contribution in [0.4, 0.5) is 5.82 Å². The molecule has 9 nitrogen and oxygen atoms in total. The van der Waals surface area contributed by atoms with Gasteiger partial charge in [-0.3, -0.25) is 4.79 Å². The number of para-hydroxylation sites is 1. The Morgan fingerprint density at radius 3 is 2.75 bits per heavy atom. The molecule has 1 saturated heterocycles. The van der Waals surface area contributed by atoms with E-state index in [0.717, 1.165) is 77.8 Å². The zero-order valence-electron chi connectivity index (χ0n) is 17.9. The number of ether oxygens (including phenoxy) is 1. The second kappa shape index (κ2) is 7.22. The summed E-state index contributed by atoms with van der Waals surface area (Å²) in [6, 6.07) is 8.12. The van der Waals surface area contributed by atoms with Crippen molar-refractivity contribution in [3.8, 4) is 17.1 Å². The number of aromatic amines is 1. The average molecular weight is 432 g/mol. The van der Waals surface area contributed by atoms with Crippen LogP contribution in [-0.2, 0) is 4.79 Å². The summed E-state index contributed by atoms with van der Waals surface area (Å²) in [5.41, 5.74) is 9.51. The minimum Gasteiger partial charge on any atom is -0.495 e. The summed E-state index contributed by atoms with van der Waals surface area (Å²) in [6.07, 6.45) is 5.26. The van der Waals surface area contributed by atoms with Crippen LogP contribution in [0, 0.1) is 5.92 Å². The number of methoxy groups -OCH3 is 1. The van der Waals surface area contributed by atoms with E-state index in [9.17, 15) is 4.79 Å². The molecular weight excluding hydrogens is 406 g/mol. The highest BCUT2D eigenvalue weighted by Gasteiger charge is 2.35. The smallest absolute Gasteiger partial charge is 0.225 e. The maximum absolute atomic E-state index is 12.4. The first-order valence-corrected chi connectivity index (χ1v) is 11.1. The number of fused-ring (bicyclic) bond motifs is 2. The second-order valence-corrected chi connectivity index (χ2v) is 8.69. The molecule has 32 heavy (non-hydrogen) atoms. The molecule has 0 spiro atoms. The number of likely N-dealkylation sites (tertiary alicyclic amines) is 1. The fourth-order valence-electron chi connectivity index (χ4n) is 4.78. The van der Waals surface area contributed by atoms with Crippen LogP contribution >= 0.6 is 0 Å². The number of hydrogen-bond donors (Lipinski definition) is 2. The van der Waals surface area contributed by atoms with E-state index in [4.69, 9.17) is 15.6 Å². The van der Waals surface area contributed by atoms with Crippen LogP contribution in [-0.4, -0.2) is 55.7 Å². The van der Waals surface area contributed by atoms with Crippen molar-refractivity contribution in [2.45, 2.75) is 31.7 Å². The Balaban J connectivity index is 1.40. The first-order chi connectivity index (χ1) is 15.6. The van der Waals surface area contributed by atoms with Crippen molar-refractivity contribution < 1.29 is 9.53 Å². The van der Waals surface area contributed by atoms with Gasteiger partial charge in [0.1, 0.15) is 23.6 Å². The molecule has 2 aliphatic rings. The van der Waals surface area contributed by atoms with Gasteiger partial charge in [-0.2, -0.15) is 5.10 Å². The number of nitrogens with one attached hydrogen (secondary N) is 1. The minimum atomic E-state index is 0.155. The van der Waals surface area contributed by atoms with E-state index in [0.29, 0.717) is 11.7 Å².